The lowest BCUT2D eigenvalue weighted by Crippen LogP contribution is -2.32. The summed E-state index contributed by atoms with van der Waals surface area (Å²) in [5.74, 6) is -0.529. The van der Waals surface area contributed by atoms with Gasteiger partial charge in [0.25, 0.3) is 0 Å². The van der Waals surface area contributed by atoms with Gasteiger partial charge in [-0.3, -0.25) is 0 Å². The van der Waals surface area contributed by atoms with Gasteiger partial charge in [0.2, 0.25) is 0 Å². The summed E-state index contributed by atoms with van der Waals surface area (Å²) in [7, 11) is 0. The van der Waals surface area contributed by atoms with E-state index in [1.165, 1.54) is 24.5 Å². The number of aryl methyl sites for hydroxylation is 1. The van der Waals surface area contributed by atoms with E-state index >= 15 is 0 Å². The van der Waals surface area contributed by atoms with Crippen molar-refractivity contribution < 1.29 is 18.3 Å². The summed E-state index contributed by atoms with van der Waals surface area (Å²) in [6.45, 7) is 0. The van der Waals surface area contributed by atoms with Crippen LogP contribution in [-0.2, 0) is 18.4 Å². The van der Waals surface area contributed by atoms with Gasteiger partial charge in [0.05, 0.1) is 11.9 Å². The number of fused-ring (bicyclic) bond motifs is 1. The van der Waals surface area contributed by atoms with Crippen LogP contribution in [0.15, 0.2) is 34.9 Å². The zero-order valence-electron chi connectivity index (χ0n) is 10.3. The van der Waals surface area contributed by atoms with Gasteiger partial charge < -0.3 is 9.52 Å². The number of aliphatic hydroxyl groups is 1. The maximum atomic E-state index is 13.7. The van der Waals surface area contributed by atoms with E-state index in [1.54, 1.807) is 6.07 Å². The fourth-order valence-corrected chi connectivity index (χ4v) is 2.80. The van der Waals surface area contributed by atoms with Gasteiger partial charge in [0.15, 0.2) is 0 Å². The van der Waals surface area contributed by atoms with Crippen molar-refractivity contribution in [1.29, 1.82) is 0 Å². The first-order valence-corrected chi connectivity index (χ1v) is 6.32. The van der Waals surface area contributed by atoms with Crippen molar-refractivity contribution in [3.8, 4) is 0 Å². The molecule has 0 spiro atoms. The quantitative estimate of drug-likeness (QED) is 0.902. The summed E-state index contributed by atoms with van der Waals surface area (Å²) >= 11 is 0. The lowest BCUT2D eigenvalue weighted by atomic mass is 9.78. The molecule has 3 rings (SSSR count). The number of halogens is 2. The van der Waals surface area contributed by atoms with Crippen LogP contribution >= 0.6 is 0 Å². The molecule has 2 aromatic rings. The van der Waals surface area contributed by atoms with Crippen molar-refractivity contribution in [3.05, 3.63) is 59.1 Å². The summed E-state index contributed by atoms with van der Waals surface area (Å²) in [5, 5.41) is 10.7. The SMILES string of the molecule is OC1(Cc2c(F)cccc2F)CCCc2occc21. The Morgan fingerprint density at radius 3 is 2.68 bits per heavy atom. The monoisotopic (exact) mass is 264 g/mol. The molecular weight excluding hydrogens is 250 g/mol. The van der Waals surface area contributed by atoms with Crippen molar-refractivity contribution in [2.75, 3.05) is 0 Å². The summed E-state index contributed by atoms with van der Waals surface area (Å²) < 4.78 is 32.7. The average molecular weight is 264 g/mol. The molecule has 1 N–H and O–H groups in total. The highest BCUT2D eigenvalue weighted by molar-refractivity contribution is 5.31. The Bertz CT molecular complexity index is 586. The van der Waals surface area contributed by atoms with Crippen molar-refractivity contribution >= 4 is 0 Å². The van der Waals surface area contributed by atoms with E-state index in [-0.39, 0.29) is 12.0 Å². The molecule has 0 bridgehead atoms. The molecule has 1 aromatic heterocycles. The molecule has 100 valence electrons. The van der Waals surface area contributed by atoms with Crippen LogP contribution in [0.4, 0.5) is 8.78 Å². The highest BCUT2D eigenvalue weighted by Gasteiger charge is 2.37. The van der Waals surface area contributed by atoms with Gasteiger partial charge in [-0.15, -0.1) is 0 Å². The molecule has 0 aliphatic heterocycles. The molecule has 0 radical (unpaired) electrons. The first-order valence-electron chi connectivity index (χ1n) is 6.32. The predicted molar refractivity (Wildman–Crippen MR) is 65.6 cm³/mol. The van der Waals surface area contributed by atoms with Gasteiger partial charge in [-0.25, -0.2) is 8.78 Å². The minimum Gasteiger partial charge on any atom is -0.469 e. The van der Waals surface area contributed by atoms with E-state index in [0.717, 1.165) is 12.8 Å². The van der Waals surface area contributed by atoms with E-state index in [0.29, 0.717) is 17.7 Å². The second-order valence-corrected chi connectivity index (χ2v) is 5.02. The highest BCUT2D eigenvalue weighted by atomic mass is 19.1. The molecule has 1 unspecified atom stereocenters. The van der Waals surface area contributed by atoms with Gasteiger partial charge in [-0.1, -0.05) is 6.07 Å². The fraction of sp³-hybridized carbons (Fsp3) is 0.333. The molecule has 19 heavy (non-hydrogen) atoms. The van der Waals surface area contributed by atoms with Gasteiger partial charge in [-0.05, 0) is 31.0 Å². The Morgan fingerprint density at radius 2 is 1.95 bits per heavy atom. The largest absolute Gasteiger partial charge is 0.469 e. The number of hydrogen-bond donors (Lipinski definition) is 1. The third-order valence-electron chi connectivity index (χ3n) is 3.77. The van der Waals surface area contributed by atoms with E-state index < -0.39 is 17.2 Å². The molecule has 1 atom stereocenters. The Hall–Kier alpha value is -1.68. The molecule has 2 nitrogen and oxygen atoms in total. The lowest BCUT2D eigenvalue weighted by molar-refractivity contribution is 0.0152. The van der Waals surface area contributed by atoms with Crippen molar-refractivity contribution in [1.82, 2.24) is 0 Å². The number of furan rings is 1. The van der Waals surface area contributed by atoms with E-state index in [4.69, 9.17) is 4.42 Å². The molecule has 1 aromatic carbocycles. The standard InChI is InChI=1S/C15H14F2O2/c16-12-3-1-4-13(17)10(12)9-15(18)7-2-5-14-11(15)6-8-19-14/h1,3-4,6,8,18H,2,5,7,9H2. The van der Waals surface area contributed by atoms with Crippen LogP contribution < -0.4 is 0 Å². The molecule has 0 amide bonds. The maximum absolute atomic E-state index is 13.7. The van der Waals surface area contributed by atoms with Gasteiger partial charge in [0, 0.05) is 24.0 Å². The Morgan fingerprint density at radius 1 is 1.21 bits per heavy atom. The predicted octanol–water partition coefficient (Wildman–Crippen LogP) is 3.32. The maximum Gasteiger partial charge on any atom is 0.129 e. The third-order valence-corrected chi connectivity index (χ3v) is 3.77. The molecule has 0 saturated heterocycles. The van der Waals surface area contributed by atoms with E-state index in [1.807, 2.05) is 0 Å². The minimum atomic E-state index is -1.25. The normalized spacial score (nSPS) is 22.3. The summed E-state index contributed by atoms with van der Waals surface area (Å²) in [6.07, 6.45) is 3.42. The zero-order valence-corrected chi connectivity index (χ0v) is 10.3. The molecule has 1 heterocycles. The molecule has 1 aliphatic carbocycles. The topological polar surface area (TPSA) is 33.4 Å². The van der Waals surface area contributed by atoms with E-state index in [2.05, 4.69) is 0 Å². The second-order valence-electron chi connectivity index (χ2n) is 5.02. The average Bonchev–Trinajstić information content (AvgIpc) is 2.84. The molecular formula is C15H14F2O2. The van der Waals surface area contributed by atoms with Crippen LogP contribution in [0.1, 0.15) is 29.7 Å². The van der Waals surface area contributed by atoms with Crippen molar-refractivity contribution in [2.24, 2.45) is 0 Å². The van der Waals surface area contributed by atoms with Crippen LogP contribution in [0.2, 0.25) is 0 Å². The minimum absolute atomic E-state index is 0.0703. The Balaban J connectivity index is 2.00. The Labute approximate surface area is 109 Å². The zero-order chi connectivity index (χ0) is 13.5. The van der Waals surface area contributed by atoms with Crippen LogP contribution in [0.3, 0.4) is 0 Å². The lowest BCUT2D eigenvalue weighted by Gasteiger charge is -2.32. The fourth-order valence-electron chi connectivity index (χ4n) is 2.80. The second kappa shape index (κ2) is 4.46. The molecule has 0 saturated carbocycles. The molecule has 1 aliphatic rings. The van der Waals surface area contributed by atoms with Crippen LogP contribution in [0.5, 0.6) is 0 Å². The van der Waals surface area contributed by atoms with Crippen LogP contribution in [0.25, 0.3) is 0 Å². The summed E-state index contributed by atoms with van der Waals surface area (Å²) in [5.41, 5.74) is -0.663. The number of hydrogen-bond acceptors (Lipinski definition) is 2. The highest BCUT2D eigenvalue weighted by Crippen LogP contribution is 2.39. The van der Waals surface area contributed by atoms with Gasteiger partial charge in [0.1, 0.15) is 17.4 Å². The van der Waals surface area contributed by atoms with Gasteiger partial charge in [-0.2, -0.15) is 0 Å². The summed E-state index contributed by atoms with van der Waals surface area (Å²) in [6, 6.07) is 5.43. The van der Waals surface area contributed by atoms with Gasteiger partial charge >= 0.3 is 0 Å². The van der Waals surface area contributed by atoms with Crippen LogP contribution in [0, 0.1) is 11.6 Å². The third kappa shape index (κ3) is 2.06. The van der Waals surface area contributed by atoms with Crippen LogP contribution in [-0.4, -0.2) is 5.11 Å². The van der Waals surface area contributed by atoms with Crippen molar-refractivity contribution in [3.63, 3.8) is 0 Å². The van der Waals surface area contributed by atoms with E-state index in [9.17, 15) is 13.9 Å². The van der Waals surface area contributed by atoms with Crippen molar-refractivity contribution in [2.45, 2.75) is 31.3 Å². The first kappa shape index (κ1) is 12.4. The molecule has 0 fully saturated rings. The first-order chi connectivity index (χ1) is 9.10. The Kier molecular flexibility index (Phi) is 2.90. The summed E-state index contributed by atoms with van der Waals surface area (Å²) in [4.78, 5) is 0. The number of rotatable bonds is 2. The molecule has 4 heteroatoms. The smallest absolute Gasteiger partial charge is 0.129 e. The number of benzene rings is 1.